The van der Waals surface area contributed by atoms with Gasteiger partial charge in [0, 0.05) is 31.5 Å². The van der Waals surface area contributed by atoms with Crippen LogP contribution in [0.1, 0.15) is 27.9 Å². The zero-order chi connectivity index (χ0) is 25.3. The van der Waals surface area contributed by atoms with Crippen LogP contribution in [0.5, 0.6) is 5.75 Å². The molecule has 0 atom stereocenters. The number of ether oxygens (including phenoxy) is 2. The van der Waals surface area contributed by atoms with Crippen molar-refractivity contribution in [2.24, 2.45) is 0 Å². The van der Waals surface area contributed by atoms with Crippen LogP contribution in [-0.4, -0.2) is 53.1 Å². The summed E-state index contributed by atoms with van der Waals surface area (Å²) in [4.78, 5) is 15.0. The Morgan fingerprint density at radius 2 is 1.66 bits per heavy atom. The number of hydrogen-bond acceptors (Lipinski definition) is 5. The monoisotopic (exact) mass is 496 g/mol. The minimum atomic E-state index is -3.99. The fourth-order valence-corrected chi connectivity index (χ4v) is 4.92. The Morgan fingerprint density at radius 1 is 0.943 bits per heavy atom. The number of carbonyl (C=O) groups is 1. The van der Waals surface area contributed by atoms with Crippen LogP contribution in [0.2, 0.25) is 0 Å². The van der Waals surface area contributed by atoms with E-state index in [1.807, 2.05) is 37.3 Å². The van der Waals surface area contributed by atoms with E-state index < -0.39 is 10.0 Å². The van der Waals surface area contributed by atoms with Crippen molar-refractivity contribution in [1.29, 1.82) is 0 Å². The Morgan fingerprint density at radius 3 is 2.31 bits per heavy atom. The van der Waals surface area contributed by atoms with Crippen molar-refractivity contribution < 1.29 is 22.7 Å². The number of amides is 1. The first-order valence-corrected chi connectivity index (χ1v) is 12.9. The largest absolute Gasteiger partial charge is 0.495 e. The molecule has 0 bridgehead atoms. The number of aryl methyl sites for hydroxylation is 2. The number of nitrogens with one attached hydrogen (secondary N) is 1. The summed E-state index contributed by atoms with van der Waals surface area (Å²) in [5, 5.41) is 0. The predicted octanol–water partition coefficient (Wildman–Crippen LogP) is 4.53. The highest BCUT2D eigenvalue weighted by Gasteiger charge is 2.24. The van der Waals surface area contributed by atoms with Crippen LogP contribution in [-0.2, 0) is 21.2 Å². The molecule has 35 heavy (non-hydrogen) atoms. The molecule has 186 valence electrons. The first kappa shape index (κ1) is 26.2. The third kappa shape index (κ3) is 7.31. The van der Waals surface area contributed by atoms with Crippen LogP contribution < -0.4 is 9.46 Å². The lowest BCUT2D eigenvalue weighted by Gasteiger charge is -2.23. The number of anilines is 1. The molecule has 0 saturated carbocycles. The van der Waals surface area contributed by atoms with Crippen LogP contribution in [0.4, 0.5) is 5.69 Å². The zero-order valence-corrected chi connectivity index (χ0v) is 21.2. The van der Waals surface area contributed by atoms with E-state index >= 15 is 0 Å². The van der Waals surface area contributed by atoms with Gasteiger partial charge < -0.3 is 14.4 Å². The van der Waals surface area contributed by atoms with E-state index in [1.54, 1.807) is 30.2 Å². The first-order chi connectivity index (χ1) is 16.8. The Bertz CT molecular complexity index is 1210. The Balaban J connectivity index is 1.82. The minimum absolute atomic E-state index is 0.0950. The van der Waals surface area contributed by atoms with Gasteiger partial charge in [-0.25, -0.2) is 8.42 Å². The smallest absolute Gasteiger partial charge is 0.265 e. The van der Waals surface area contributed by atoms with E-state index in [1.165, 1.54) is 24.8 Å². The molecule has 0 spiro atoms. The van der Waals surface area contributed by atoms with Crippen molar-refractivity contribution in [2.75, 3.05) is 38.6 Å². The quantitative estimate of drug-likeness (QED) is 0.398. The van der Waals surface area contributed by atoms with Gasteiger partial charge in [0.15, 0.2) is 0 Å². The van der Waals surface area contributed by atoms with E-state index in [2.05, 4.69) is 16.9 Å². The highest BCUT2D eigenvalue weighted by molar-refractivity contribution is 7.92. The van der Waals surface area contributed by atoms with Gasteiger partial charge in [-0.1, -0.05) is 48.0 Å². The van der Waals surface area contributed by atoms with E-state index in [0.29, 0.717) is 25.4 Å². The summed E-state index contributed by atoms with van der Waals surface area (Å²) in [6, 6.07) is 21.6. The number of nitrogens with zero attached hydrogens (tertiary/aromatic N) is 1. The van der Waals surface area contributed by atoms with E-state index in [-0.39, 0.29) is 22.1 Å². The van der Waals surface area contributed by atoms with Crippen molar-refractivity contribution in [1.82, 2.24) is 4.90 Å². The standard InChI is InChI=1S/C27H32N2O5S/c1-21-11-14-24(15-12-21)28-35(31,32)26-20-23(13-16-25(26)34-3)27(30)29(18-19-33-2)17-7-10-22-8-5-4-6-9-22/h4-6,8-9,11-16,20,28H,7,10,17-19H2,1-3H3. The lowest BCUT2D eigenvalue weighted by molar-refractivity contribution is 0.0693. The third-order valence-corrected chi connectivity index (χ3v) is 7.00. The van der Waals surface area contributed by atoms with Gasteiger partial charge >= 0.3 is 0 Å². The van der Waals surface area contributed by atoms with Crippen molar-refractivity contribution in [3.63, 3.8) is 0 Å². The molecule has 1 amide bonds. The molecule has 0 aliphatic carbocycles. The summed E-state index contributed by atoms with van der Waals surface area (Å²) in [7, 11) is -1.01. The van der Waals surface area contributed by atoms with Gasteiger partial charge in [0.25, 0.3) is 15.9 Å². The molecule has 8 heteroatoms. The maximum Gasteiger partial charge on any atom is 0.265 e. The topological polar surface area (TPSA) is 84.9 Å². The highest BCUT2D eigenvalue weighted by Crippen LogP contribution is 2.28. The van der Waals surface area contributed by atoms with Crippen molar-refractivity contribution >= 4 is 21.6 Å². The first-order valence-electron chi connectivity index (χ1n) is 11.4. The number of methoxy groups -OCH3 is 2. The van der Waals surface area contributed by atoms with Gasteiger partial charge in [-0.05, 0) is 55.7 Å². The van der Waals surface area contributed by atoms with Crippen LogP contribution in [0.15, 0.2) is 77.7 Å². The fourth-order valence-electron chi connectivity index (χ4n) is 3.67. The number of rotatable bonds is 12. The van der Waals surface area contributed by atoms with Crippen molar-refractivity contribution in [3.05, 3.63) is 89.5 Å². The van der Waals surface area contributed by atoms with Crippen LogP contribution >= 0.6 is 0 Å². The molecular formula is C27H32N2O5S. The summed E-state index contributed by atoms with van der Waals surface area (Å²) >= 11 is 0. The van der Waals surface area contributed by atoms with E-state index in [9.17, 15) is 13.2 Å². The molecule has 0 saturated heterocycles. The number of sulfonamides is 1. The summed E-state index contributed by atoms with van der Waals surface area (Å²) in [5.74, 6) is -0.0989. The van der Waals surface area contributed by atoms with Crippen LogP contribution in [0.3, 0.4) is 0 Å². The summed E-state index contributed by atoms with van der Waals surface area (Å²) in [6.45, 7) is 3.23. The van der Waals surface area contributed by atoms with Gasteiger partial charge in [-0.15, -0.1) is 0 Å². The van der Waals surface area contributed by atoms with E-state index in [4.69, 9.17) is 9.47 Å². The van der Waals surface area contributed by atoms with Crippen molar-refractivity contribution in [2.45, 2.75) is 24.7 Å². The zero-order valence-electron chi connectivity index (χ0n) is 20.4. The summed E-state index contributed by atoms with van der Waals surface area (Å²) in [6.07, 6.45) is 1.61. The molecule has 7 nitrogen and oxygen atoms in total. The number of hydrogen-bond donors (Lipinski definition) is 1. The summed E-state index contributed by atoms with van der Waals surface area (Å²) < 4.78 is 39.4. The minimum Gasteiger partial charge on any atom is -0.495 e. The molecule has 0 aromatic heterocycles. The second-order valence-electron chi connectivity index (χ2n) is 8.21. The molecule has 0 aliphatic rings. The van der Waals surface area contributed by atoms with E-state index in [0.717, 1.165) is 18.4 Å². The SMILES string of the molecule is COCCN(CCCc1ccccc1)C(=O)c1ccc(OC)c(S(=O)(=O)Nc2ccc(C)cc2)c1. The van der Waals surface area contributed by atoms with Crippen LogP contribution in [0.25, 0.3) is 0 Å². The van der Waals surface area contributed by atoms with Gasteiger partial charge in [0.05, 0.1) is 13.7 Å². The lowest BCUT2D eigenvalue weighted by atomic mass is 10.1. The second kappa shape index (κ2) is 12.4. The molecule has 0 heterocycles. The number of carbonyl (C=O) groups excluding carboxylic acids is 1. The third-order valence-electron chi connectivity index (χ3n) is 5.59. The van der Waals surface area contributed by atoms with Gasteiger partial charge in [-0.3, -0.25) is 9.52 Å². The Kier molecular flexibility index (Phi) is 9.28. The predicted molar refractivity (Wildman–Crippen MR) is 138 cm³/mol. The average Bonchev–Trinajstić information content (AvgIpc) is 2.87. The summed E-state index contributed by atoms with van der Waals surface area (Å²) in [5.41, 5.74) is 2.91. The Labute approximate surface area is 207 Å². The van der Waals surface area contributed by atoms with Gasteiger partial charge in [-0.2, -0.15) is 0 Å². The molecular weight excluding hydrogens is 464 g/mol. The molecule has 0 aliphatic heterocycles. The number of benzene rings is 3. The molecule has 3 aromatic rings. The maximum absolute atomic E-state index is 13.4. The molecule has 0 unspecified atom stereocenters. The molecule has 3 rings (SSSR count). The molecule has 0 radical (unpaired) electrons. The molecule has 3 aromatic carbocycles. The lowest BCUT2D eigenvalue weighted by Crippen LogP contribution is -2.35. The van der Waals surface area contributed by atoms with Crippen LogP contribution in [0, 0.1) is 6.92 Å². The normalized spacial score (nSPS) is 11.2. The highest BCUT2D eigenvalue weighted by atomic mass is 32.2. The van der Waals surface area contributed by atoms with Crippen molar-refractivity contribution in [3.8, 4) is 5.75 Å². The second-order valence-corrected chi connectivity index (χ2v) is 9.86. The van der Waals surface area contributed by atoms with Gasteiger partial charge in [0.1, 0.15) is 10.6 Å². The average molecular weight is 497 g/mol. The maximum atomic E-state index is 13.4. The fraction of sp³-hybridized carbons (Fsp3) is 0.296. The molecule has 0 fully saturated rings. The van der Waals surface area contributed by atoms with Gasteiger partial charge in [0.2, 0.25) is 0 Å². The Hall–Kier alpha value is -3.36. The molecule has 1 N–H and O–H groups in total.